The van der Waals surface area contributed by atoms with E-state index in [2.05, 4.69) is 4.72 Å². The van der Waals surface area contributed by atoms with Gasteiger partial charge in [-0.2, -0.15) is 0 Å². The normalized spacial score (nSPS) is 12.1. The van der Waals surface area contributed by atoms with Crippen LogP contribution < -0.4 is 9.62 Å². The number of rotatable bonds is 14. The molecule has 0 spiro atoms. The van der Waals surface area contributed by atoms with Gasteiger partial charge in [-0.05, 0) is 35.4 Å². The number of ether oxygens (including phenoxy) is 1. The fraction of sp³-hybridized carbons (Fsp3) is 0.158. The van der Waals surface area contributed by atoms with Gasteiger partial charge in [-0.1, -0.05) is 97.1 Å². The van der Waals surface area contributed by atoms with Crippen LogP contribution >= 0.6 is 11.6 Å². The summed E-state index contributed by atoms with van der Waals surface area (Å²) >= 11 is 4.37. The number of nitrogens with zero attached hydrogens (tertiary/aromatic N) is 3. The molecule has 0 aliphatic rings. The summed E-state index contributed by atoms with van der Waals surface area (Å²) in [6, 6.07) is 36.5. The van der Waals surface area contributed by atoms with E-state index < -0.39 is 27.4 Å². The molecule has 0 saturated heterocycles. The molecule has 9 nitrogen and oxygen atoms in total. The van der Waals surface area contributed by atoms with Crippen molar-refractivity contribution in [3.8, 4) is 11.3 Å². The summed E-state index contributed by atoms with van der Waals surface area (Å²) in [5.74, 6) is 0.341. The summed E-state index contributed by atoms with van der Waals surface area (Å²) in [7, 11) is -3.06. The predicted molar refractivity (Wildman–Crippen MR) is 200 cm³/mol. The quantitative estimate of drug-likeness (QED) is 0.0692. The van der Waals surface area contributed by atoms with E-state index >= 15 is 0 Å². The molecule has 1 unspecified atom stereocenters. The van der Waals surface area contributed by atoms with Crippen molar-refractivity contribution < 1.29 is 22.5 Å². The number of para-hydroxylation sites is 1. The van der Waals surface area contributed by atoms with E-state index in [0.29, 0.717) is 53.6 Å². The number of esters is 1. The zero-order chi connectivity index (χ0) is 35.1. The van der Waals surface area contributed by atoms with E-state index in [1.54, 1.807) is 48.5 Å². The van der Waals surface area contributed by atoms with Crippen molar-refractivity contribution >= 4 is 61.4 Å². The Hall–Kier alpha value is -4.81. The molecular weight excluding hydrogens is 692 g/mol. The number of fused-ring (bicyclic) bond motifs is 1. The molecule has 0 aliphatic heterocycles. The summed E-state index contributed by atoms with van der Waals surface area (Å²) in [5.41, 5.74) is 3.43. The number of carbonyl (C=O) groups excluding carboxylic acids is 1. The van der Waals surface area contributed by atoms with Crippen LogP contribution in [0.25, 0.3) is 22.2 Å². The number of methoxy groups -OCH3 is 1. The zero-order valence-corrected chi connectivity index (χ0v) is 29.6. The SMILES string of the molecule is COC(=O)c1cnc(N(Cc2ccccc2)Cc2ccccc2)c2c1cc(-c1ccccc1N[S+]([O-])CCCCl)n2S(=O)(=O)c1ccccc1. The topological polar surface area (TPSA) is 117 Å². The summed E-state index contributed by atoms with van der Waals surface area (Å²) in [6.45, 7) is 0.776. The minimum absolute atomic E-state index is 0.0435. The van der Waals surface area contributed by atoms with Crippen LogP contribution in [0.15, 0.2) is 132 Å². The van der Waals surface area contributed by atoms with Crippen LogP contribution in [0.3, 0.4) is 0 Å². The van der Waals surface area contributed by atoms with Gasteiger partial charge in [0, 0.05) is 42.5 Å². The second kappa shape index (κ2) is 15.8. The maximum atomic E-state index is 14.9. The van der Waals surface area contributed by atoms with Crippen LogP contribution in [-0.4, -0.2) is 46.6 Å². The smallest absolute Gasteiger partial charge is 0.340 e. The Bertz CT molecular complexity index is 2140. The number of aromatic nitrogens is 2. The second-order valence-electron chi connectivity index (χ2n) is 11.4. The van der Waals surface area contributed by atoms with E-state index in [-0.39, 0.29) is 21.7 Å². The third-order valence-electron chi connectivity index (χ3n) is 8.08. The number of halogens is 1. The third-order valence-corrected chi connectivity index (χ3v) is 11.2. The highest BCUT2D eigenvalue weighted by Crippen LogP contribution is 2.41. The Morgan fingerprint density at radius 2 is 1.48 bits per heavy atom. The number of alkyl halides is 1. The molecule has 2 aromatic heterocycles. The molecule has 0 bridgehead atoms. The maximum Gasteiger partial charge on any atom is 0.340 e. The summed E-state index contributed by atoms with van der Waals surface area (Å²) in [5, 5.41) is 0.334. The number of benzene rings is 4. The molecule has 4 aromatic carbocycles. The Balaban J connectivity index is 1.68. The fourth-order valence-corrected chi connectivity index (χ4v) is 8.54. The first-order valence-electron chi connectivity index (χ1n) is 15.9. The number of hydrogen-bond acceptors (Lipinski definition) is 8. The van der Waals surface area contributed by atoms with Crippen molar-refractivity contribution in [1.29, 1.82) is 0 Å². The molecule has 6 rings (SSSR count). The summed E-state index contributed by atoms with van der Waals surface area (Å²) in [6.07, 6.45) is 1.96. The number of anilines is 2. The lowest BCUT2D eigenvalue weighted by Gasteiger charge is -2.26. The van der Waals surface area contributed by atoms with Crippen LogP contribution in [0, 0.1) is 0 Å². The Morgan fingerprint density at radius 1 is 0.900 bits per heavy atom. The van der Waals surface area contributed by atoms with Crippen LogP contribution in [0.4, 0.5) is 11.5 Å². The maximum absolute atomic E-state index is 14.9. The van der Waals surface area contributed by atoms with Gasteiger partial charge >= 0.3 is 5.97 Å². The molecular formula is C38H35ClN4O5S2. The molecule has 0 amide bonds. The van der Waals surface area contributed by atoms with Crippen LogP contribution in [0.1, 0.15) is 27.9 Å². The predicted octanol–water partition coefficient (Wildman–Crippen LogP) is 7.64. The summed E-state index contributed by atoms with van der Waals surface area (Å²) < 4.78 is 52.3. The first-order chi connectivity index (χ1) is 24.3. The highest BCUT2D eigenvalue weighted by atomic mass is 35.5. The average Bonchev–Trinajstić information content (AvgIpc) is 3.56. The van der Waals surface area contributed by atoms with Gasteiger partial charge < -0.3 is 14.2 Å². The molecule has 12 heteroatoms. The van der Waals surface area contributed by atoms with Gasteiger partial charge in [0.1, 0.15) is 11.3 Å². The molecule has 1 atom stereocenters. The highest BCUT2D eigenvalue weighted by Gasteiger charge is 2.31. The number of carbonyl (C=O) groups is 1. The van der Waals surface area contributed by atoms with Crippen molar-refractivity contribution in [2.75, 3.05) is 28.4 Å². The minimum Gasteiger partial charge on any atom is -0.593 e. The highest BCUT2D eigenvalue weighted by molar-refractivity contribution is 7.92. The fourth-order valence-electron chi connectivity index (χ4n) is 5.77. The molecule has 2 heterocycles. The van der Waals surface area contributed by atoms with Gasteiger partial charge in [0.25, 0.3) is 10.0 Å². The monoisotopic (exact) mass is 726 g/mol. The van der Waals surface area contributed by atoms with Crippen molar-refractivity contribution in [2.45, 2.75) is 24.4 Å². The number of nitrogens with one attached hydrogen (secondary N) is 1. The van der Waals surface area contributed by atoms with Crippen molar-refractivity contribution in [3.05, 3.63) is 144 Å². The van der Waals surface area contributed by atoms with Crippen molar-refractivity contribution in [1.82, 2.24) is 8.96 Å². The Kier molecular flexibility index (Phi) is 11.1. The van der Waals surface area contributed by atoms with E-state index in [0.717, 1.165) is 11.1 Å². The van der Waals surface area contributed by atoms with E-state index in [1.165, 1.54) is 29.4 Å². The van der Waals surface area contributed by atoms with E-state index in [1.807, 2.05) is 65.6 Å². The minimum atomic E-state index is -4.33. The Labute approximate surface area is 299 Å². The lowest BCUT2D eigenvalue weighted by molar-refractivity contribution is 0.0602. The third kappa shape index (κ3) is 7.51. The molecule has 0 radical (unpaired) electrons. The van der Waals surface area contributed by atoms with E-state index in [9.17, 15) is 17.8 Å². The lowest BCUT2D eigenvalue weighted by atomic mass is 10.1. The van der Waals surface area contributed by atoms with Gasteiger partial charge in [0.15, 0.2) is 5.82 Å². The van der Waals surface area contributed by atoms with Gasteiger partial charge in [-0.15, -0.1) is 11.6 Å². The standard InChI is InChI=1S/C38H35ClN4O5S2/c1-48-38(44)33-25-40-37(42(26-28-14-5-2-6-15-28)27-29-16-7-3-8-17-29)36-32(33)24-35(43(36)50(46,47)30-18-9-4-10-19-30)31-20-11-12-21-34(31)41-49(45)23-13-22-39/h2-12,14-21,24-25,41H,13,22-23,26-27H2,1H3. The van der Waals surface area contributed by atoms with Crippen LogP contribution in [-0.2, 0) is 39.2 Å². The van der Waals surface area contributed by atoms with Gasteiger partial charge in [-0.3, -0.25) is 0 Å². The van der Waals surface area contributed by atoms with Crippen molar-refractivity contribution in [3.63, 3.8) is 0 Å². The first-order valence-corrected chi connectivity index (χ1v) is 19.2. The largest absolute Gasteiger partial charge is 0.593 e. The van der Waals surface area contributed by atoms with E-state index in [4.69, 9.17) is 21.3 Å². The zero-order valence-electron chi connectivity index (χ0n) is 27.2. The molecule has 0 saturated carbocycles. The van der Waals surface area contributed by atoms with Crippen LogP contribution in [0.2, 0.25) is 0 Å². The summed E-state index contributed by atoms with van der Waals surface area (Å²) in [4.78, 5) is 20.1. The average molecular weight is 727 g/mol. The molecule has 256 valence electrons. The van der Waals surface area contributed by atoms with Gasteiger partial charge in [0.05, 0.1) is 40.3 Å². The first kappa shape index (κ1) is 35.0. The Morgan fingerprint density at radius 3 is 2.08 bits per heavy atom. The number of pyridine rings is 1. The van der Waals surface area contributed by atoms with Gasteiger partial charge in [0.2, 0.25) is 0 Å². The molecule has 50 heavy (non-hydrogen) atoms. The molecule has 1 N–H and O–H groups in total. The number of hydrogen-bond donors (Lipinski definition) is 1. The molecule has 6 aromatic rings. The molecule has 0 aliphatic carbocycles. The van der Waals surface area contributed by atoms with Crippen LogP contribution in [0.5, 0.6) is 0 Å². The van der Waals surface area contributed by atoms with Crippen molar-refractivity contribution in [2.24, 2.45) is 0 Å². The second-order valence-corrected chi connectivity index (χ2v) is 14.9. The van der Waals surface area contributed by atoms with Gasteiger partial charge in [-0.25, -0.2) is 26.9 Å². The lowest BCUT2D eigenvalue weighted by Crippen LogP contribution is -2.25. The molecule has 0 fully saturated rings.